The van der Waals surface area contributed by atoms with E-state index in [-0.39, 0.29) is 24.2 Å². The van der Waals surface area contributed by atoms with Gasteiger partial charge in [0.25, 0.3) is 0 Å². The predicted molar refractivity (Wildman–Crippen MR) is 130 cm³/mol. The van der Waals surface area contributed by atoms with E-state index in [1.165, 1.54) is 36.0 Å². The van der Waals surface area contributed by atoms with Gasteiger partial charge in [-0.1, -0.05) is 30.0 Å². The summed E-state index contributed by atoms with van der Waals surface area (Å²) in [5.41, 5.74) is 1.50. The summed E-state index contributed by atoms with van der Waals surface area (Å²) in [5.74, 6) is 1.26. The molecule has 1 saturated carbocycles. The highest BCUT2D eigenvalue weighted by Crippen LogP contribution is 2.39. The van der Waals surface area contributed by atoms with E-state index >= 15 is 0 Å². The summed E-state index contributed by atoms with van der Waals surface area (Å²) in [4.78, 5) is 38.5. The second-order valence-electron chi connectivity index (χ2n) is 8.68. The number of anilines is 1. The van der Waals surface area contributed by atoms with Crippen LogP contribution < -0.4 is 5.32 Å². The summed E-state index contributed by atoms with van der Waals surface area (Å²) in [6.07, 6.45) is 2.27. The summed E-state index contributed by atoms with van der Waals surface area (Å²) in [5, 5.41) is 4.64. The smallest absolute Gasteiger partial charge is 0.238 e. The Morgan fingerprint density at radius 3 is 2.47 bits per heavy atom. The number of benzene rings is 2. The third-order valence-corrected chi connectivity index (χ3v) is 7.06. The molecule has 1 aliphatic heterocycles. The maximum Gasteiger partial charge on any atom is 0.238 e. The van der Waals surface area contributed by atoms with Crippen LogP contribution in [0.5, 0.6) is 0 Å². The Morgan fingerprint density at radius 2 is 1.74 bits per heavy atom. The van der Waals surface area contributed by atoms with Crippen molar-refractivity contribution in [2.75, 3.05) is 43.8 Å². The molecule has 1 N–H and O–H groups in total. The normalized spacial score (nSPS) is 16.6. The van der Waals surface area contributed by atoms with Crippen molar-refractivity contribution < 1.29 is 14.0 Å². The number of piperazine rings is 1. The average Bonchev–Trinajstić information content (AvgIpc) is 3.70. The Labute approximate surface area is 201 Å². The zero-order valence-corrected chi connectivity index (χ0v) is 19.6. The second-order valence-corrected chi connectivity index (χ2v) is 9.64. The minimum Gasteiger partial charge on any atom is -0.339 e. The van der Waals surface area contributed by atoms with Gasteiger partial charge in [0, 0.05) is 43.2 Å². The first-order chi connectivity index (χ1) is 16.5. The molecule has 34 heavy (non-hydrogen) atoms. The largest absolute Gasteiger partial charge is 0.339 e. The zero-order chi connectivity index (χ0) is 23.5. The Morgan fingerprint density at radius 1 is 1.00 bits per heavy atom. The molecule has 0 spiro atoms. The van der Waals surface area contributed by atoms with E-state index in [0.29, 0.717) is 43.5 Å². The van der Waals surface area contributed by atoms with Crippen LogP contribution in [0.3, 0.4) is 0 Å². The molecule has 7 nitrogen and oxygen atoms in total. The fourth-order valence-electron chi connectivity index (χ4n) is 4.01. The van der Waals surface area contributed by atoms with Crippen molar-refractivity contribution in [3.05, 3.63) is 60.2 Å². The van der Waals surface area contributed by atoms with Crippen LogP contribution in [0.2, 0.25) is 0 Å². The number of nitrogens with one attached hydrogen (secondary N) is 1. The van der Waals surface area contributed by atoms with Gasteiger partial charge >= 0.3 is 0 Å². The molecule has 2 amide bonds. The standard InChI is InChI=1S/C25H26FN5O2S/c26-18-7-9-19(10-8-18)27-22(32)15-30-11-13-31(14-12-30)23(33)16-34-25-20-3-1-2-4-21(20)28-24(29-25)17-5-6-17/h1-4,7-10,17H,5-6,11-16H2,(H,27,32). The van der Waals surface area contributed by atoms with Crippen LogP contribution in [0, 0.1) is 5.82 Å². The SMILES string of the molecule is O=C(CN1CCN(C(=O)CSc2nc(C3CC3)nc3ccccc23)CC1)Nc1ccc(F)cc1. The number of carbonyl (C=O) groups excluding carboxylic acids is 2. The Bertz CT molecular complexity index is 1190. The lowest BCUT2D eigenvalue weighted by Crippen LogP contribution is -2.50. The van der Waals surface area contributed by atoms with E-state index in [2.05, 4.69) is 5.32 Å². The number of hydrogen-bond donors (Lipinski definition) is 1. The summed E-state index contributed by atoms with van der Waals surface area (Å²) < 4.78 is 13.0. The third kappa shape index (κ3) is 5.53. The number of amides is 2. The van der Waals surface area contributed by atoms with Gasteiger partial charge in [-0.15, -0.1) is 0 Å². The molecule has 0 unspecified atom stereocenters. The van der Waals surface area contributed by atoms with Gasteiger partial charge in [0.1, 0.15) is 16.7 Å². The molecule has 2 aromatic carbocycles. The van der Waals surface area contributed by atoms with Crippen molar-refractivity contribution in [3.8, 4) is 0 Å². The number of thioether (sulfide) groups is 1. The first kappa shape index (κ1) is 22.7. The van der Waals surface area contributed by atoms with Gasteiger partial charge in [-0.05, 0) is 43.2 Å². The molecule has 176 valence electrons. The molecule has 0 radical (unpaired) electrons. The molecular formula is C25H26FN5O2S. The number of rotatable bonds is 7. The van der Waals surface area contributed by atoms with E-state index in [0.717, 1.165) is 34.6 Å². The van der Waals surface area contributed by atoms with Gasteiger partial charge in [-0.25, -0.2) is 14.4 Å². The first-order valence-corrected chi connectivity index (χ1v) is 12.5. The minimum atomic E-state index is -0.340. The first-order valence-electron chi connectivity index (χ1n) is 11.5. The lowest BCUT2D eigenvalue weighted by molar-refractivity contribution is -0.130. The van der Waals surface area contributed by atoms with E-state index in [4.69, 9.17) is 9.97 Å². The quantitative estimate of drug-likeness (QED) is 0.413. The number of hydrogen-bond acceptors (Lipinski definition) is 6. The van der Waals surface area contributed by atoms with Gasteiger partial charge < -0.3 is 10.2 Å². The van der Waals surface area contributed by atoms with E-state index < -0.39 is 0 Å². The third-order valence-electron chi connectivity index (χ3n) is 6.08. The van der Waals surface area contributed by atoms with E-state index in [1.54, 1.807) is 0 Å². The fourth-order valence-corrected chi connectivity index (χ4v) is 4.94. The zero-order valence-electron chi connectivity index (χ0n) is 18.7. The van der Waals surface area contributed by atoms with Crippen molar-refractivity contribution in [3.63, 3.8) is 0 Å². The maximum atomic E-state index is 13.0. The number of nitrogens with zero attached hydrogens (tertiary/aromatic N) is 4. The fraction of sp³-hybridized carbons (Fsp3) is 0.360. The molecule has 1 aromatic heterocycles. The van der Waals surface area contributed by atoms with Gasteiger partial charge in [0.05, 0.1) is 17.8 Å². The topological polar surface area (TPSA) is 78.4 Å². The van der Waals surface area contributed by atoms with Crippen LogP contribution in [0.4, 0.5) is 10.1 Å². The molecule has 9 heteroatoms. The number of halogens is 1. The van der Waals surface area contributed by atoms with Crippen molar-refractivity contribution in [1.82, 2.24) is 19.8 Å². The molecule has 2 aliphatic rings. The molecule has 2 fully saturated rings. The summed E-state index contributed by atoms with van der Waals surface area (Å²) in [7, 11) is 0. The van der Waals surface area contributed by atoms with Gasteiger partial charge in [-0.2, -0.15) is 0 Å². The molecule has 5 rings (SSSR count). The van der Waals surface area contributed by atoms with Gasteiger partial charge in [0.15, 0.2) is 0 Å². The van der Waals surface area contributed by atoms with Crippen LogP contribution in [0.1, 0.15) is 24.6 Å². The van der Waals surface area contributed by atoms with Crippen LogP contribution in [-0.2, 0) is 9.59 Å². The maximum absolute atomic E-state index is 13.0. The molecule has 1 aliphatic carbocycles. The number of fused-ring (bicyclic) bond motifs is 1. The molecule has 3 aromatic rings. The van der Waals surface area contributed by atoms with Crippen molar-refractivity contribution in [2.24, 2.45) is 0 Å². The summed E-state index contributed by atoms with van der Waals surface area (Å²) in [6, 6.07) is 13.7. The molecule has 0 bridgehead atoms. The second kappa shape index (κ2) is 10.1. The Balaban J connectivity index is 1.12. The molecule has 2 heterocycles. The van der Waals surface area contributed by atoms with Crippen LogP contribution >= 0.6 is 11.8 Å². The van der Waals surface area contributed by atoms with E-state index in [9.17, 15) is 14.0 Å². The Kier molecular flexibility index (Phi) is 6.73. The van der Waals surface area contributed by atoms with Crippen LogP contribution in [0.15, 0.2) is 53.6 Å². The lowest BCUT2D eigenvalue weighted by Gasteiger charge is -2.34. The summed E-state index contributed by atoms with van der Waals surface area (Å²) in [6.45, 7) is 2.68. The Hall–Kier alpha value is -3.04. The van der Waals surface area contributed by atoms with Crippen molar-refractivity contribution in [1.29, 1.82) is 0 Å². The van der Waals surface area contributed by atoms with Gasteiger partial charge in [0.2, 0.25) is 11.8 Å². The highest BCUT2D eigenvalue weighted by Gasteiger charge is 2.28. The minimum absolute atomic E-state index is 0.0797. The molecule has 0 atom stereocenters. The lowest BCUT2D eigenvalue weighted by atomic mass is 10.2. The number of para-hydroxylation sites is 1. The number of aromatic nitrogens is 2. The van der Waals surface area contributed by atoms with Crippen LogP contribution in [-0.4, -0.2) is 70.1 Å². The van der Waals surface area contributed by atoms with Gasteiger partial charge in [-0.3, -0.25) is 14.5 Å². The highest BCUT2D eigenvalue weighted by atomic mass is 32.2. The van der Waals surface area contributed by atoms with E-state index in [1.807, 2.05) is 34.1 Å². The highest BCUT2D eigenvalue weighted by molar-refractivity contribution is 8.00. The molecular weight excluding hydrogens is 453 g/mol. The molecule has 1 saturated heterocycles. The predicted octanol–water partition coefficient (Wildman–Crippen LogP) is 3.52. The van der Waals surface area contributed by atoms with Crippen molar-refractivity contribution in [2.45, 2.75) is 23.8 Å². The average molecular weight is 480 g/mol. The monoisotopic (exact) mass is 479 g/mol. The number of carbonyl (C=O) groups is 2. The summed E-state index contributed by atoms with van der Waals surface area (Å²) >= 11 is 1.48. The van der Waals surface area contributed by atoms with Crippen LogP contribution in [0.25, 0.3) is 10.9 Å². The van der Waals surface area contributed by atoms with Crippen molar-refractivity contribution >= 4 is 40.2 Å².